The smallest absolute Gasteiger partial charge is 0.150 e. The number of fused-ring (bicyclic) bond motifs is 2. The first-order valence-corrected chi connectivity index (χ1v) is 19.4. The van der Waals surface area contributed by atoms with Crippen LogP contribution in [0, 0.1) is 0 Å². The third-order valence-corrected chi connectivity index (χ3v) is 14.6. The number of benzene rings is 5. The minimum atomic E-state index is -0.922. The lowest BCUT2D eigenvalue weighted by Gasteiger charge is -2.44. The van der Waals surface area contributed by atoms with Crippen LogP contribution in [0.5, 0.6) is 5.75 Å². The van der Waals surface area contributed by atoms with E-state index in [1.165, 1.54) is 43.0 Å². The van der Waals surface area contributed by atoms with E-state index in [2.05, 4.69) is 170 Å². The standard InChI is InChI=1S/C42H40N2O2P2/c1-43-27-29-45-41-35(43)23-25-37(47(31-15-7-3-8-16-31)32-17-9-4-10-18-32)39(41)40-38(26-24-36-42(40)46-30-28-44(36)2)48(33-19-11-5-12-20-33)34-21-13-6-14-22-34/h3-26,35,41H,27-30H2,1-2H3. The summed E-state index contributed by atoms with van der Waals surface area (Å²) < 4.78 is 13.8. The van der Waals surface area contributed by atoms with Gasteiger partial charge in [-0.3, -0.25) is 4.90 Å². The molecule has 1 aliphatic carbocycles. The molecule has 1 saturated heterocycles. The highest BCUT2D eigenvalue weighted by molar-refractivity contribution is 7.80. The summed E-state index contributed by atoms with van der Waals surface area (Å²) in [6.07, 6.45) is 4.69. The minimum Gasteiger partial charge on any atom is -0.489 e. The Balaban J connectivity index is 1.48. The topological polar surface area (TPSA) is 24.9 Å². The maximum atomic E-state index is 6.93. The Hall–Kier alpha value is -4.04. The molecule has 5 aromatic carbocycles. The number of morpholine rings is 1. The van der Waals surface area contributed by atoms with Gasteiger partial charge in [0.15, 0.2) is 5.75 Å². The van der Waals surface area contributed by atoms with Crippen molar-refractivity contribution < 1.29 is 9.47 Å². The van der Waals surface area contributed by atoms with E-state index in [1.54, 1.807) is 0 Å². The summed E-state index contributed by atoms with van der Waals surface area (Å²) in [5, 5.41) is 7.95. The van der Waals surface area contributed by atoms with Gasteiger partial charge < -0.3 is 14.4 Å². The second-order valence-corrected chi connectivity index (χ2v) is 16.9. The molecule has 48 heavy (non-hydrogen) atoms. The molecule has 6 heteroatoms. The minimum absolute atomic E-state index is 0.130. The zero-order valence-electron chi connectivity index (χ0n) is 27.4. The molecule has 1 fully saturated rings. The van der Waals surface area contributed by atoms with Crippen molar-refractivity contribution in [3.8, 4) is 5.75 Å². The maximum absolute atomic E-state index is 6.93. The van der Waals surface area contributed by atoms with Gasteiger partial charge in [-0.25, -0.2) is 0 Å². The number of nitrogens with zero attached hydrogens (tertiary/aromatic N) is 2. The zero-order chi connectivity index (χ0) is 32.5. The van der Waals surface area contributed by atoms with E-state index < -0.39 is 15.8 Å². The van der Waals surface area contributed by atoms with Gasteiger partial charge in [-0.2, -0.15) is 0 Å². The lowest BCUT2D eigenvalue weighted by atomic mass is 9.88. The Labute approximate surface area is 286 Å². The second kappa shape index (κ2) is 13.8. The largest absolute Gasteiger partial charge is 0.489 e. The van der Waals surface area contributed by atoms with Crippen LogP contribution in [0.2, 0.25) is 0 Å². The molecule has 4 nitrogen and oxygen atoms in total. The molecule has 2 unspecified atom stereocenters. The van der Waals surface area contributed by atoms with E-state index in [0.717, 1.165) is 24.5 Å². The molecular weight excluding hydrogens is 626 g/mol. The SMILES string of the molecule is CN1CCOc2c1ccc(P(c1ccccc1)c1ccccc1)c2C1=C(P(c2ccccc2)c2ccccc2)C=CC2C1OCCN2C. The van der Waals surface area contributed by atoms with Gasteiger partial charge >= 0.3 is 0 Å². The molecule has 2 atom stereocenters. The van der Waals surface area contributed by atoms with Crippen molar-refractivity contribution >= 4 is 53.6 Å². The number of hydrogen-bond donors (Lipinski definition) is 0. The Bertz CT molecular complexity index is 1850. The van der Waals surface area contributed by atoms with Crippen molar-refractivity contribution in [3.05, 3.63) is 156 Å². The zero-order valence-corrected chi connectivity index (χ0v) is 29.2. The molecule has 0 saturated carbocycles. The number of hydrogen-bond acceptors (Lipinski definition) is 4. The van der Waals surface area contributed by atoms with Crippen LogP contribution >= 0.6 is 15.8 Å². The van der Waals surface area contributed by atoms with Crippen LogP contribution in [0.25, 0.3) is 5.57 Å². The van der Waals surface area contributed by atoms with Gasteiger partial charge in [0.25, 0.3) is 0 Å². The Morgan fingerprint density at radius 2 is 1.15 bits per heavy atom. The molecule has 0 amide bonds. The second-order valence-electron chi connectivity index (χ2n) is 12.5. The van der Waals surface area contributed by atoms with Crippen LogP contribution < -0.4 is 36.2 Å². The summed E-state index contributed by atoms with van der Waals surface area (Å²) in [4.78, 5) is 4.80. The highest BCUT2D eigenvalue weighted by Crippen LogP contribution is 2.54. The number of allylic oxidation sites excluding steroid dienone is 2. The average molecular weight is 667 g/mol. The number of likely N-dealkylation sites (N-methyl/N-ethyl adjacent to an activating group) is 2. The van der Waals surface area contributed by atoms with E-state index in [0.29, 0.717) is 13.2 Å². The van der Waals surface area contributed by atoms with Crippen LogP contribution in [0.1, 0.15) is 5.56 Å². The van der Waals surface area contributed by atoms with E-state index in [9.17, 15) is 0 Å². The van der Waals surface area contributed by atoms with Crippen molar-refractivity contribution in [2.45, 2.75) is 12.1 Å². The molecule has 240 valence electrons. The summed E-state index contributed by atoms with van der Waals surface area (Å²) in [6, 6.07) is 49.0. The number of rotatable bonds is 7. The van der Waals surface area contributed by atoms with E-state index in [-0.39, 0.29) is 12.1 Å². The summed E-state index contributed by atoms with van der Waals surface area (Å²) in [5.41, 5.74) is 3.62. The van der Waals surface area contributed by atoms with Crippen molar-refractivity contribution in [3.63, 3.8) is 0 Å². The Morgan fingerprint density at radius 1 is 0.604 bits per heavy atom. The number of anilines is 1. The Morgan fingerprint density at radius 3 is 1.71 bits per heavy atom. The van der Waals surface area contributed by atoms with Crippen LogP contribution in [0.4, 0.5) is 5.69 Å². The van der Waals surface area contributed by atoms with Crippen molar-refractivity contribution in [1.29, 1.82) is 0 Å². The van der Waals surface area contributed by atoms with E-state index in [1.807, 2.05) is 0 Å². The third-order valence-electron chi connectivity index (χ3n) is 9.58. The molecule has 8 rings (SSSR count). The van der Waals surface area contributed by atoms with Gasteiger partial charge in [0.2, 0.25) is 0 Å². The molecule has 0 radical (unpaired) electrons. The Kier molecular flexibility index (Phi) is 9.00. The number of ether oxygens (including phenoxy) is 2. The quantitative estimate of drug-likeness (QED) is 0.188. The first-order chi connectivity index (χ1) is 23.7. The van der Waals surface area contributed by atoms with Gasteiger partial charge in [-0.05, 0) is 60.8 Å². The molecular formula is C42H40N2O2P2. The monoisotopic (exact) mass is 666 g/mol. The fraction of sp³-hybridized carbons (Fsp3) is 0.190. The van der Waals surface area contributed by atoms with Crippen LogP contribution in [0.15, 0.2) is 151 Å². The normalized spacial score (nSPS) is 19.3. The fourth-order valence-corrected chi connectivity index (χ4v) is 12.2. The van der Waals surface area contributed by atoms with E-state index >= 15 is 0 Å². The molecule has 0 spiro atoms. The summed E-state index contributed by atoms with van der Waals surface area (Å²) >= 11 is 0. The molecule has 3 aliphatic rings. The van der Waals surface area contributed by atoms with Crippen LogP contribution in [0.3, 0.4) is 0 Å². The van der Waals surface area contributed by atoms with E-state index in [4.69, 9.17) is 9.47 Å². The summed E-state index contributed by atoms with van der Waals surface area (Å²) in [7, 11) is 2.59. The van der Waals surface area contributed by atoms with Crippen molar-refractivity contribution in [2.75, 3.05) is 45.3 Å². The average Bonchev–Trinajstić information content (AvgIpc) is 3.14. The van der Waals surface area contributed by atoms with Crippen molar-refractivity contribution in [2.24, 2.45) is 0 Å². The first kappa shape index (κ1) is 31.2. The fourth-order valence-electron chi connectivity index (χ4n) is 7.22. The predicted octanol–water partition coefficient (Wildman–Crippen LogP) is 6.39. The van der Waals surface area contributed by atoms with Gasteiger partial charge in [0.1, 0.15) is 12.7 Å². The lowest BCUT2D eigenvalue weighted by Crippen LogP contribution is -2.50. The highest BCUT2D eigenvalue weighted by Gasteiger charge is 2.41. The van der Waals surface area contributed by atoms with Gasteiger partial charge in [-0.15, -0.1) is 0 Å². The molecule has 0 aromatic heterocycles. The summed E-state index contributed by atoms with van der Waals surface area (Å²) in [5.74, 6) is 0.982. The van der Waals surface area contributed by atoms with Crippen LogP contribution in [-0.2, 0) is 4.74 Å². The molecule has 0 bridgehead atoms. The van der Waals surface area contributed by atoms with Gasteiger partial charge in [0.05, 0.1) is 24.9 Å². The maximum Gasteiger partial charge on any atom is 0.150 e. The molecule has 0 N–H and O–H groups in total. The van der Waals surface area contributed by atoms with Crippen molar-refractivity contribution in [1.82, 2.24) is 4.90 Å². The highest BCUT2D eigenvalue weighted by atomic mass is 31.1. The summed E-state index contributed by atoms with van der Waals surface area (Å²) in [6.45, 7) is 3.10. The predicted molar refractivity (Wildman–Crippen MR) is 205 cm³/mol. The molecule has 5 aromatic rings. The van der Waals surface area contributed by atoms with Gasteiger partial charge in [0, 0.05) is 24.7 Å². The van der Waals surface area contributed by atoms with Gasteiger partial charge in [-0.1, -0.05) is 140 Å². The first-order valence-electron chi connectivity index (χ1n) is 16.7. The van der Waals surface area contributed by atoms with Crippen LogP contribution in [-0.4, -0.2) is 57.4 Å². The lowest BCUT2D eigenvalue weighted by molar-refractivity contribution is -0.0153. The third kappa shape index (κ3) is 5.82. The molecule has 2 aliphatic heterocycles. The molecule has 2 heterocycles.